The Morgan fingerprint density at radius 1 is 1.00 bits per heavy atom. The molecule has 1 aliphatic heterocycles. The smallest absolute Gasteiger partial charge is 0.336 e. The maximum Gasteiger partial charge on any atom is 0.336 e. The first kappa shape index (κ1) is 20.7. The van der Waals surface area contributed by atoms with E-state index in [0.29, 0.717) is 27.9 Å². The van der Waals surface area contributed by atoms with Crippen LogP contribution in [0.1, 0.15) is 33.9 Å². The van der Waals surface area contributed by atoms with Gasteiger partial charge in [0.1, 0.15) is 23.3 Å². The standard InChI is InChI=1S/C25H19N3O4S/c29-19-11-4-3-10-18(19)28-23(22(27-25(28)33)17-9-5-6-14-26-17)21-13-12-20(32-21)15-7-1-2-8-16(15)24(30)31/h1-14,22-23,29H,(H,27,33)(H,30,31)/t22-,23-/m1/s1. The van der Waals surface area contributed by atoms with Crippen molar-refractivity contribution in [1.29, 1.82) is 0 Å². The number of aromatic nitrogens is 1. The molecule has 0 aliphatic carbocycles. The number of thiocarbonyl (C=S) groups is 1. The lowest BCUT2D eigenvalue weighted by Gasteiger charge is -2.26. The van der Waals surface area contributed by atoms with Gasteiger partial charge in [-0.05, 0) is 54.7 Å². The van der Waals surface area contributed by atoms with Crippen molar-refractivity contribution in [3.63, 3.8) is 0 Å². The maximum atomic E-state index is 11.7. The summed E-state index contributed by atoms with van der Waals surface area (Å²) in [6.45, 7) is 0. The number of anilines is 1. The molecule has 33 heavy (non-hydrogen) atoms. The second-order valence-electron chi connectivity index (χ2n) is 7.54. The van der Waals surface area contributed by atoms with Gasteiger partial charge in [0.25, 0.3) is 0 Å². The van der Waals surface area contributed by atoms with E-state index in [1.165, 1.54) is 6.07 Å². The molecular weight excluding hydrogens is 438 g/mol. The highest BCUT2D eigenvalue weighted by Crippen LogP contribution is 2.45. The number of phenols is 1. The van der Waals surface area contributed by atoms with Gasteiger partial charge in [0.05, 0.1) is 23.0 Å². The molecule has 0 unspecified atom stereocenters. The number of aromatic carboxylic acids is 1. The van der Waals surface area contributed by atoms with Crippen LogP contribution in [0.15, 0.2) is 89.5 Å². The van der Waals surface area contributed by atoms with E-state index in [1.807, 2.05) is 24.3 Å². The molecule has 7 nitrogen and oxygen atoms in total. The molecule has 2 aromatic heterocycles. The van der Waals surface area contributed by atoms with E-state index >= 15 is 0 Å². The van der Waals surface area contributed by atoms with Crippen LogP contribution in [0.3, 0.4) is 0 Å². The lowest BCUT2D eigenvalue weighted by atomic mass is 10.0. The number of benzene rings is 2. The predicted molar refractivity (Wildman–Crippen MR) is 127 cm³/mol. The van der Waals surface area contributed by atoms with Crippen molar-refractivity contribution in [2.24, 2.45) is 0 Å². The third-order valence-corrected chi connectivity index (χ3v) is 5.90. The minimum Gasteiger partial charge on any atom is -0.506 e. The zero-order chi connectivity index (χ0) is 22.9. The van der Waals surface area contributed by atoms with Gasteiger partial charge in [-0.25, -0.2) is 4.79 Å². The highest BCUT2D eigenvalue weighted by molar-refractivity contribution is 7.80. The average molecular weight is 458 g/mol. The van der Waals surface area contributed by atoms with Crippen LogP contribution in [-0.2, 0) is 0 Å². The lowest BCUT2D eigenvalue weighted by Crippen LogP contribution is -2.29. The molecule has 1 aliphatic rings. The number of carbonyl (C=O) groups is 1. The van der Waals surface area contributed by atoms with Crippen LogP contribution in [0.2, 0.25) is 0 Å². The van der Waals surface area contributed by atoms with E-state index in [-0.39, 0.29) is 17.4 Å². The minimum absolute atomic E-state index is 0.0799. The highest BCUT2D eigenvalue weighted by atomic mass is 32.1. The average Bonchev–Trinajstić information content (AvgIpc) is 3.44. The van der Waals surface area contributed by atoms with Crippen LogP contribution >= 0.6 is 12.2 Å². The monoisotopic (exact) mass is 457 g/mol. The molecule has 4 aromatic rings. The summed E-state index contributed by atoms with van der Waals surface area (Å²) >= 11 is 5.65. The summed E-state index contributed by atoms with van der Waals surface area (Å²) in [5.41, 5.74) is 1.92. The number of rotatable bonds is 5. The van der Waals surface area contributed by atoms with Crippen molar-refractivity contribution < 1.29 is 19.4 Å². The maximum absolute atomic E-state index is 11.7. The molecule has 2 aromatic carbocycles. The minimum atomic E-state index is -1.03. The van der Waals surface area contributed by atoms with Crippen molar-refractivity contribution >= 4 is 29.0 Å². The summed E-state index contributed by atoms with van der Waals surface area (Å²) in [5, 5.41) is 23.8. The Balaban J connectivity index is 1.63. The van der Waals surface area contributed by atoms with E-state index in [2.05, 4.69) is 10.3 Å². The van der Waals surface area contributed by atoms with Crippen LogP contribution in [-0.4, -0.2) is 26.3 Å². The Morgan fingerprint density at radius 2 is 1.76 bits per heavy atom. The van der Waals surface area contributed by atoms with Gasteiger partial charge in [-0.15, -0.1) is 0 Å². The topological polar surface area (TPSA) is 98.8 Å². The van der Waals surface area contributed by atoms with Gasteiger partial charge in [-0.2, -0.15) is 0 Å². The van der Waals surface area contributed by atoms with Gasteiger partial charge in [0, 0.05) is 11.8 Å². The fraction of sp³-hybridized carbons (Fsp3) is 0.0800. The lowest BCUT2D eigenvalue weighted by molar-refractivity contribution is 0.0697. The van der Waals surface area contributed by atoms with Crippen molar-refractivity contribution in [2.75, 3.05) is 4.90 Å². The van der Waals surface area contributed by atoms with Gasteiger partial charge in [0.2, 0.25) is 0 Å². The third-order valence-electron chi connectivity index (χ3n) is 5.58. The molecule has 0 spiro atoms. The normalized spacial score (nSPS) is 17.7. The summed E-state index contributed by atoms with van der Waals surface area (Å²) in [6.07, 6.45) is 1.70. The molecule has 0 radical (unpaired) electrons. The SMILES string of the molecule is O=C(O)c1ccccc1-c1ccc([C@@H]2[C@@H](c3ccccn3)NC(=S)N2c2ccccc2O)o1. The molecule has 164 valence electrons. The van der Waals surface area contributed by atoms with Crippen molar-refractivity contribution in [1.82, 2.24) is 10.3 Å². The van der Waals surface area contributed by atoms with Gasteiger partial charge < -0.3 is 24.8 Å². The molecule has 1 fully saturated rings. The fourth-order valence-electron chi connectivity index (χ4n) is 4.11. The molecule has 0 saturated carbocycles. The third kappa shape index (κ3) is 3.70. The first-order valence-electron chi connectivity index (χ1n) is 10.3. The zero-order valence-electron chi connectivity index (χ0n) is 17.3. The van der Waals surface area contributed by atoms with E-state index in [9.17, 15) is 15.0 Å². The second kappa shape index (κ2) is 8.40. The quantitative estimate of drug-likeness (QED) is 0.363. The Kier molecular flexibility index (Phi) is 5.27. The molecule has 5 rings (SSSR count). The first-order chi connectivity index (χ1) is 16.0. The van der Waals surface area contributed by atoms with E-state index in [0.717, 1.165) is 5.69 Å². The highest BCUT2D eigenvalue weighted by Gasteiger charge is 2.43. The molecule has 1 saturated heterocycles. The van der Waals surface area contributed by atoms with Gasteiger partial charge >= 0.3 is 5.97 Å². The number of phenolic OH excluding ortho intramolecular Hbond substituents is 1. The Morgan fingerprint density at radius 3 is 2.52 bits per heavy atom. The molecule has 0 bridgehead atoms. The number of pyridine rings is 1. The van der Waals surface area contributed by atoms with Crippen molar-refractivity contribution in [2.45, 2.75) is 12.1 Å². The molecule has 3 heterocycles. The summed E-state index contributed by atoms with van der Waals surface area (Å²) in [4.78, 5) is 18.0. The molecular formula is C25H19N3O4S. The Labute approximate surface area is 194 Å². The van der Waals surface area contributed by atoms with E-state index in [4.69, 9.17) is 16.6 Å². The van der Waals surface area contributed by atoms with Crippen molar-refractivity contribution in [3.05, 3.63) is 102 Å². The molecule has 8 heteroatoms. The van der Waals surface area contributed by atoms with E-state index in [1.54, 1.807) is 59.6 Å². The zero-order valence-corrected chi connectivity index (χ0v) is 18.1. The number of carboxylic acids is 1. The van der Waals surface area contributed by atoms with Crippen LogP contribution in [0, 0.1) is 0 Å². The number of para-hydroxylation sites is 2. The van der Waals surface area contributed by atoms with Crippen molar-refractivity contribution in [3.8, 4) is 17.1 Å². The summed E-state index contributed by atoms with van der Waals surface area (Å²) in [7, 11) is 0. The number of furan rings is 1. The summed E-state index contributed by atoms with van der Waals surface area (Å²) < 4.78 is 6.22. The van der Waals surface area contributed by atoms with Crippen LogP contribution < -0.4 is 10.2 Å². The number of aromatic hydroxyl groups is 1. The number of nitrogens with one attached hydrogen (secondary N) is 1. The number of hydrogen-bond donors (Lipinski definition) is 3. The largest absolute Gasteiger partial charge is 0.506 e. The molecule has 0 amide bonds. The van der Waals surface area contributed by atoms with E-state index < -0.39 is 12.0 Å². The van der Waals surface area contributed by atoms with Crippen LogP contribution in [0.25, 0.3) is 11.3 Å². The Bertz CT molecular complexity index is 1340. The number of carboxylic acid groups (broad SMARTS) is 1. The van der Waals surface area contributed by atoms with Crippen LogP contribution in [0.5, 0.6) is 5.75 Å². The van der Waals surface area contributed by atoms with Gasteiger partial charge in [-0.1, -0.05) is 36.4 Å². The predicted octanol–water partition coefficient (Wildman–Crippen LogP) is 4.92. The molecule has 2 atom stereocenters. The molecule has 3 N–H and O–H groups in total. The summed E-state index contributed by atoms with van der Waals surface area (Å²) in [5.74, 6) is 0.0278. The number of nitrogens with zero attached hydrogens (tertiary/aromatic N) is 2. The summed E-state index contributed by atoms with van der Waals surface area (Å²) in [6, 6.07) is 22.0. The Hall–Kier alpha value is -4.17. The fourth-order valence-corrected chi connectivity index (χ4v) is 4.45. The van der Waals surface area contributed by atoms with Gasteiger partial charge in [0.15, 0.2) is 5.11 Å². The van der Waals surface area contributed by atoms with Crippen LogP contribution in [0.4, 0.5) is 5.69 Å². The first-order valence-corrected chi connectivity index (χ1v) is 10.7. The second-order valence-corrected chi connectivity index (χ2v) is 7.92. The van der Waals surface area contributed by atoms with Gasteiger partial charge in [-0.3, -0.25) is 4.98 Å². The number of hydrogen-bond acceptors (Lipinski definition) is 5.